The molecule has 1 amide bonds. The molecule has 0 aliphatic carbocycles. The maximum Gasteiger partial charge on any atom is 0.408 e. The van der Waals surface area contributed by atoms with E-state index in [9.17, 15) is 26.4 Å². The summed E-state index contributed by atoms with van der Waals surface area (Å²) in [6.07, 6.45) is -7.09. The first-order valence-corrected chi connectivity index (χ1v) is 14.8. The quantitative estimate of drug-likeness (QED) is 0.145. The van der Waals surface area contributed by atoms with Gasteiger partial charge in [-0.2, -0.15) is 21.6 Å². The second-order valence-corrected chi connectivity index (χ2v) is 16.5. The molecule has 0 heterocycles. The molecule has 0 bridgehead atoms. The Morgan fingerprint density at radius 3 is 2.03 bits per heavy atom. The van der Waals surface area contributed by atoms with E-state index in [-0.39, 0.29) is 0 Å². The highest BCUT2D eigenvalue weighted by molar-refractivity contribution is 7.85. The fraction of sp³-hybridized carbons (Fsp3) is 0.944. The van der Waals surface area contributed by atoms with Gasteiger partial charge in [-0.3, -0.25) is 4.18 Å². The molecule has 0 aromatic carbocycles. The minimum atomic E-state index is -4.90. The Balaban J connectivity index is 6.54. The average molecular weight is 521 g/mol. The summed E-state index contributed by atoms with van der Waals surface area (Å²) in [5, 5.41) is 4.80. The Morgan fingerprint density at radius 2 is 1.67 bits per heavy atom. The Kier molecular flexibility index (Phi) is 10.7. The number of alkyl halides is 3. The standard InChI is InChI=1S/C18H35F3N4O6SSi/c1-16(2,3)30-15(26)24-13(11-29-32(7,27)28)14(31-33(8,9)17(4,5)6)12(10-23-25-22)18(19,20)21/h12-14H,10-11H2,1-9H3,(H,24,26). The van der Waals surface area contributed by atoms with Gasteiger partial charge in [0.2, 0.25) is 0 Å². The molecule has 0 rings (SSSR count). The zero-order valence-electron chi connectivity index (χ0n) is 20.5. The number of halogens is 3. The first kappa shape index (κ1) is 31.5. The van der Waals surface area contributed by atoms with Crippen molar-refractivity contribution in [3.8, 4) is 0 Å². The van der Waals surface area contributed by atoms with Crippen molar-refractivity contribution in [3.63, 3.8) is 0 Å². The van der Waals surface area contributed by atoms with E-state index >= 15 is 0 Å². The number of amides is 1. The first-order valence-electron chi connectivity index (χ1n) is 10.1. The first-order chi connectivity index (χ1) is 14.5. The normalized spacial score (nSPS) is 16.4. The van der Waals surface area contributed by atoms with Crippen LogP contribution in [0.1, 0.15) is 41.5 Å². The van der Waals surface area contributed by atoms with Crippen molar-refractivity contribution in [2.24, 2.45) is 11.0 Å². The molecule has 0 aromatic rings. The van der Waals surface area contributed by atoms with Gasteiger partial charge in [-0.15, -0.1) is 0 Å². The second-order valence-electron chi connectivity index (χ2n) is 10.1. The Hall–Kier alpha value is -1.54. The van der Waals surface area contributed by atoms with Crippen molar-refractivity contribution in [1.29, 1.82) is 0 Å². The summed E-state index contributed by atoms with van der Waals surface area (Å²) in [6.45, 7) is 11.6. The molecule has 10 nitrogen and oxygen atoms in total. The van der Waals surface area contributed by atoms with Gasteiger partial charge in [0.25, 0.3) is 10.1 Å². The second kappa shape index (κ2) is 11.3. The van der Waals surface area contributed by atoms with Crippen molar-refractivity contribution in [2.45, 2.75) is 83.6 Å². The number of ether oxygens (including phenoxy) is 1. The molecule has 0 spiro atoms. The fourth-order valence-electron chi connectivity index (χ4n) is 2.35. The van der Waals surface area contributed by atoms with Gasteiger partial charge in [0, 0.05) is 11.5 Å². The lowest BCUT2D eigenvalue weighted by atomic mass is 9.96. The van der Waals surface area contributed by atoms with E-state index < -0.39 is 72.6 Å². The van der Waals surface area contributed by atoms with Gasteiger partial charge >= 0.3 is 12.3 Å². The summed E-state index contributed by atoms with van der Waals surface area (Å²) in [5.74, 6) is -2.36. The minimum absolute atomic E-state index is 0.534. The van der Waals surface area contributed by atoms with Crippen LogP contribution >= 0.6 is 0 Å². The summed E-state index contributed by atoms with van der Waals surface area (Å²) in [4.78, 5) is 14.8. The number of hydrogen-bond donors (Lipinski definition) is 1. The molecular formula is C18H35F3N4O6SSi. The van der Waals surface area contributed by atoms with Crippen LogP contribution in [-0.2, 0) is 23.5 Å². The van der Waals surface area contributed by atoms with Gasteiger partial charge < -0.3 is 14.5 Å². The van der Waals surface area contributed by atoms with E-state index in [4.69, 9.17) is 18.9 Å². The van der Waals surface area contributed by atoms with Gasteiger partial charge in [-0.05, 0) is 44.4 Å². The van der Waals surface area contributed by atoms with E-state index in [0.717, 1.165) is 6.26 Å². The third-order valence-corrected chi connectivity index (χ3v) is 9.99. The van der Waals surface area contributed by atoms with E-state index in [0.29, 0.717) is 0 Å². The maximum absolute atomic E-state index is 14.1. The molecule has 15 heteroatoms. The largest absolute Gasteiger partial charge is 0.444 e. The lowest BCUT2D eigenvalue weighted by Crippen LogP contribution is -2.59. The summed E-state index contributed by atoms with van der Waals surface area (Å²) in [7, 11) is -6.99. The minimum Gasteiger partial charge on any atom is -0.444 e. The van der Waals surface area contributed by atoms with Crippen LogP contribution < -0.4 is 5.32 Å². The number of carbonyl (C=O) groups is 1. The topological polar surface area (TPSA) is 140 Å². The lowest BCUT2D eigenvalue weighted by Gasteiger charge is -2.44. The zero-order chi connectivity index (χ0) is 26.5. The fourth-order valence-corrected chi connectivity index (χ4v) is 4.11. The van der Waals surface area contributed by atoms with Gasteiger partial charge in [0.15, 0.2) is 8.32 Å². The van der Waals surface area contributed by atoms with E-state index in [1.807, 2.05) is 0 Å². The third kappa shape index (κ3) is 11.9. The van der Waals surface area contributed by atoms with Crippen LogP contribution in [0.4, 0.5) is 18.0 Å². The van der Waals surface area contributed by atoms with Gasteiger partial charge in [0.1, 0.15) is 5.60 Å². The average Bonchev–Trinajstić information content (AvgIpc) is 2.53. The van der Waals surface area contributed by atoms with E-state index in [1.54, 1.807) is 54.6 Å². The van der Waals surface area contributed by atoms with Crippen LogP contribution in [0.2, 0.25) is 18.1 Å². The molecule has 0 saturated heterocycles. The highest BCUT2D eigenvalue weighted by atomic mass is 32.2. The van der Waals surface area contributed by atoms with Gasteiger partial charge in [-0.25, -0.2) is 4.79 Å². The summed E-state index contributed by atoms with van der Waals surface area (Å²) in [5.41, 5.74) is 7.64. The molecule has 3 atom stereocenters. The van der Waals surface area contributed by atoms with Crippen molar-refractivity contribution in [2.75, 3.05) is 19.4 Å². The zero-order valence-corrected chi connectivity index (χ0v) is 22.3. The molecular weight excluding hydrogens is 485 g/mol. The van der Waals surface area contributed by atoms with Crippen molar-refractivity contribution in [3.05, 3.63) is 10.4 Å². The molecule has 0 aromatic heterocycles. The summed E-state index contributed by atoms with van der Waals surface area (Å²) in [6, 6.07) is -1.59. The van der Waals surface area contributed by atoms with Gasteiger partial charge in [-0.1, -0.05) is 25.9 Å². The van der Waals surface area contributed by atoms with Crippen LogP contribution in [0.15, 0.2) is 5.11 Å². The monoisotopic (exact) mass is 520 g/mol. The lowest BCUT2D eigenvalue weighted by molar-refractivity contribution is -0.198. The number of azide groups is 1. The maximum atomic E-state index is 14.1. The molecule has 0 fully saturated rings. The highest BCUT2D eigenvalue weighted by Gasteiger charge is 2.51. The van der Waals surface area contributed by atoms with E-state index in [1.165, 1.54) is 0 Å². The number of nitrogens with zero attached hydrogens (tertiary/aromatic N) is 3. The predicted molar refractivity (Wildman–Crippen MR) is 120 cm³/mol. The molecule has 1 N–H and O–H groups in total. The van der Waals surface area contributed by atoms with Crippen molar-refractivity contribution < 1.29 is 39.7 Å². The van der Waals surface area contributed by atoms with Crippen LogP contribution in [0.25, 0.3) is 10.4 Å². The molecule has 0 aliphatic rings. The van der Waals surface area contributed by atoms with Crippen LogP contribution in [0.3, 0.4) is 0 Å². The molecule has 3 unspecified atom stereocenters. The van der Waals surface area contributed by atoms with Gasteiger partial charge in [0.05, 0.1) is 30.9 Å². The Bertz CT molecular complexity index is 819. The number of nitrogens with one attached hydrogen (secondary N) is 1. The van der Waals surface area contributed by atoms with E-state index in [2.05, 4.69) is 15.3 Å². The van der Waals surface area contributed by atoms with Crippen molar-refractivity contribution >= 4 is 24.5 Å². The SMILES string of the molecule is CC(C)(C)OC(=O)NC(COS(C)(=O)=O)C(O[Si](C)(C)C(C)(C)C)C(CN=[N+]=[N-])C(F)(F)F. The number of carbonyl (C=O) groups excluding carboxylic acids is 1. The summed E-state index contributed by atoms with van der Waals surface area (Å²) >= 11 is 0. The Morgan fingerprint density at radius 1 is 1.15 bits per heavy atom. The number of rotatable bonds is 10. The summed E-state index contributed by atoms with van der Waals surface area (Å²) < 4.78 is 81.2. The highest BCUT2D eigenvalue weighted by Crippen LogP contribution is 2.41. The van der Waals surface area contributed by atoms with Crippen LogP contribution in [-0.4, -0.2) is 66.2 Å². The molecule has 0 radical (unpaired) electrons. The molecule has 0 saturated carbocycles. The van der Waals surface area contributed by atoms with Crippen molar-refractivity contribution in [1.82, 2.24) is 5.32 Å². The Labute approximate surface area is 194 Å². The molecule has 0 aliphatic heterocycles. The molecule has 33 heavy (non-hydrogen) atoms. The molecule has 194 valence electrons. The van der Waals surface area contributed by atoms with Crippen LogP contribution in [0.5, 0.6) is 0 Å². The number of alkyl carbamates (subject to hydrolysis) is 1. The predicted octanol–water partition coefficient (Wildman–Crippen LogP) is 4.74. The van der Waals surface area contributed by atoms with Crippen LogP contribution in [0, 0.1) is 5.92 Å². The third-order valence-electron chi connectivity index (χ3n) is 4.96. The number of hydrogen-bond acceptors (Lipinski definition) is 7. The smallest absolute Gasteiger partial charge is 0.408 e.